The van der Waals surface area contributed by atoms with E-state index in [-0.39, 0.29) is 5.91 Å². The number of carbonyl (C=O) groups excluding carboxylic acids is 1. The first-order valence-corrected chi connectivity index (χ1v) is 8.52. The van der Waals surface area contributed by atoms with E-state index in [1.807, 2.05) is 6.07 Å². The molecule has 1 amide bonds. The van der Waals surface area contributed by atoms with Crippen LogP contribution in [0.4, 0.5) is 17.1 Å². The molecule has 2 N–H and O–H groups in total. The highest BCUT2D eigenvalue weighted by Crippen LogP contribution is 2.32. The van der Waals surface area contributed by atoms with Crippen molar-refractivity contribution in [3.63, 3.8) is 0 Å². The predicted molar refractivity (Wildman–Crippen MR) is 95.1 cm³/mol. The summed E-state index contributed by atoms with van der Waals surface area (Å²) in [5.74, 6) is -0.0360. The molecule has 1 aromatic carbocycles. The van der Waals surface area contributed by atoms with Crippen molar-refractivity contribution in [2.24, 2.45) is 0 Å². The molecule has 1 aromatic rings. The zero-order valence-electron chi connectivity index (χ0n) is 14.2. The molecule has 132 valence electrons. The minimum absolute atomic E-state index is 0.0360. The maximum absolute atomic E-state index is 12.0. The van der Waals surface area contributed by atoms with Crippen LogP contribution in [0.2, 0.25) is 0 Å². The molecule has 24 heavy (non-hydrogen) atoms. The third kappa shape index (κ3) is 4.17. The highest BCUT2D eigenvalue weighted by Gasteiger charge is 2.19. The van der Waals surface area contributed by atoms with Crippen molar-refractivity contribution in [2.45, 2.75) is 0 Å². The number of nitrogens with zero attached hydrogens (tertiary/aromatic N) is 2. The SMILES string of the molecule is CNCC(=O)Nc1ccc(N2CCOCC2)cc1N1CCOCC1. The summed E-state index contributed by atoms with van der Waals surface area (Å²) in [6, 6.07) is 6.25. The van der Waals surface area contributed by atoms with Crippen molar-refractivity contribution in [1.82, 2.24) is 5.32 Å². The fourth-order valence-electron chi connectivity index (χ4n) is 3.06. The summed E-state index contributed by atoms with van der Waals surface area (Å²) in [5, 5.41) is 5.89. The highest BCUT2D eigenvalue weighted by atomic mass is 16.5. The first kappa shape index (κ1) is 17.0. The third-order valence-corrected chi connectivity index (χ3v) is 4.32. The second-order valence-electron chi connectivity index (χ2n) is 5.98. The summed E-state index contributed by atoms with van der Waals surface area (Å²) in [6.07, 6.45) is 0. The zero-order chi connectivity index (χ0) is 16.8. The van der Waals surface area contributed by atoms with E-state index in [1.54, 1.807) is 7.05 Å². The van der Waals surface area contributed by atoms with Crippen LogP contribution in [0.1, 0.15) is 0 Å². The van der Waals surface area contributed by atoms with Gasteiger partial charge in [-0.1, -0.05) is 0 Å². The Morgan fingerprint density at radius 3 is 2.29 bits per heavy atom. The second kappa shape index (κ2) is 8.32. The van der Waals surface area contributed by atoms with Gasteiger partial charge in [-0.3, -0.25) is 4.79 Å². The Hall–Kier alpha value is -1.83. The number of nitrogens with one attached hydrogen (secondary N) is 2. The lowest BCUT2D eigenvalue weighted by atomic mass is 10.1. The van der Waals surface area contributed by atoms with Gasteiger partial charge in [0.05, 0.1) is 44.3 Å². The number of anilines is 3. The van der Waals surface area contributed by atoms with Gasteiger partial charge in [0.25, 0.3) is 0 Å². The normalized spacial score (nSPS) is 18.5. The Bertz CT molecular complexity index is 555. The lowest BCUT2D eigenvalue weighted by Crippen LogP contribution is -2.38. The van der Waals surface area contributed by atoms with Gasteiger partial charge < -0.3 is 29.9 Å². The van der Waals surface area contributed by atoms with Gasteiger partial charge in [0, 0.05) is 31.9 Å². The monoisotopic (exact) mass is 334 g/mol. The number of hydrogen-bond donors (Lipinski definition) is 2. The largest absolute Gasteiger partial charge is 0.378 e. The number of carbonyl (C=O) groups is 1. The fraction of sp³-hybridized carbons (Fsp3) is 0.588. The van der Waals surface area contributed by atoms with Gasteiger partial charge in [-0.15, -0.1) is 0 Å². The summed E-state index contributed by atoms with van der Waals surface area (Å²) in [7, 11) is 1.77. The van der Waals surface area contributed by atoms with Crippen molar-refractivity contribution >= 4 is 23.0 Å². The number of hydrogen-bond acceptors (Lipinski definition) is 6. The maximum atomic E-state index is 12.0. The number of morpholine rings is 2. The molecule has 7 nitrogen and oxygen atoms in total. The first-order chi connectivity index (χ1) is 11.8. The standard InChI is InChI=1S/C17H26N4O3/c1-18-13-17(22)19-15-3-2-14(20-4-8-23-9-5-20)12-16(15)21-6-10-24-11-7-21/h2-3,12,18H,4-11,13H2,1H3,(H,19,22). The van der Waals surface area contributed by atoms with E-state index >= 15 is 0 Å². The Labute approximate surface area is 142 Å². The molecule has 3 rings (SSSR count). The maximum Gasteiger partial charge on any atom is 0.238 e. The van der Waals surface area contributed by atoms with Gasteiger partial charge in [0.1, 0.15) is 0 Å². The quantitative estimate of drug-likeness (QED) is 0.818. The van der Waals surface area contributed by atoms with Crippen LogP contribution < -0.4 is 20.4 Å². The van der Waals surface area contributed by atoms with Gasteiger partial charge in [-0.05, 0) is 25.2 Å². The summed E-state index contributed by atoms with van der Waals surface area (Å²) in [6.45, 7) is 6.71. The third-order valence-electron chi connectivity index (χ3n) is 4.32. The summed E-state index contributed by atoms with van der Waals surface area (Å²) < 4.78 is 10.9. The van der Waals surface area contributed by atoms with Crippen molar-refractivity contribution in [2.75, 3.05) is 81.3 Å². The van der Waals surface area contributed by atoms with Crippen molar-refractivity contribution < 1.29 is 14.3 Å². The Morgan fingerprint density at radius 2 is 1.67 bits per heavy atom. The van der Waals surface area contributed by atoms with Crippen molar-refractivity contribution in [3.05, 3.63) is 18.2 Å². The average Bonchev–Trinajstić information content (AvgIpc) is 2.64. The fourth-order valence-corrected chi connectivity index (χ4v) is 3.06. The van der Waals surface area contributed by atoms with Crippen LogP contribution in [0.3, 0.4) is 0 Å². The molecule has 0 unspecified atom stereocenters. The lowest BCUT2D eigenvalue weighted by Gasteiger charge is -2.33. The van der Waals surface area contributed by atoms with Crippen LogP contribution >= 0.6 is 0 Å². The Balaban J connectivity index is 1.84. The molecule has 0 atom stereocenters. The van der Waals surface area contributed by atoms with Gasteiger partial charge in [0.15, 0.2) is 0 Å². The minimum Gasteiger partial charge on any atom is -0.378 e. The van der Waals surface area contributed by atoms with Crippen LogP contribution in [0.25, 0.3) is 0 Å². The van der Waals surface area contributed by atoms with E-state index < -0.39 is 0 Å². The number of benzene rings is 1. The average molecular weight is 334 g/mol. The van der Waals surface area contributed by atoms with E-state index in [1.165, 1.54) is 5.69 Å². The highest BCUT2D eigenvalue weighted by molar-refractivity contribution is 5.96. The molecule has 0 bridgehead atoms. The van der Waals surface area contributed by atoms with E-state index in [2.05, 4.69) is 32.6 Å². The number of likely N-dealkylation sites (N-methyl/N-ethyl adjacent to an activating group) is 1. The van der Waals surface area contributed by atoms with Crippen LogP contribution in [-0.2, 0) is 14.3 Å². The summed E-state index contributed by atoms with van der Waals surface area (Å²) >= 11 is 0. The molecule has 2 heterocycles. The van der Waals surface area contributed by atoms with Crippen LogP contribution in [0, 0.1) is 0 Å². The van der Waals surface area contributed by atoms with Gasteiger partial charge in [-0.2, -0.15) is 0 Å². The van der Waals surface area contributed by atoms with Crippen molar-refractivity contribution in [3.8, 4) is 0 Å². The molecule has 0 radical (unpaired) electrons. The van der Waals surface area contributed by atoms with Gasteiger partial charge >= 0.3 is 0 Å². The Morgan fingerprint density at radius 1 is 1.04 bits per heavy atom. The van der Waals surface area contributed by atoms with E-state index in [9.17, 15) is 4.79 Å². The molecule has 0 spiro atoms. The van der Waals surface area contributed by atoms with Gasteiger partial charge in [0.2, 0.25) is 5.91 Å². The minimum atomic E-state index is -0.0360. The molecule has 0 saturated carbocycles. The summed E-state index contributed by atoms with van der Waals surface area (Å²) in [5.41, 5.74) is 3.09. The zero-order valence-corrected chi connectivity index (χ0v) is 14.2. The topological polar surface area (TPSA) is 66.1 Å². The molecule has 2 aliphatic rings. The van der Waals surface area contributed by atoms with E-state index in [0.29, 0.717) is 19.8 Å². The molecule has 2 aliphatic heterocycles. The van der Waals surface area contributed by atoms with E-state index in [0.717, 1.165) is 50.8 Å². The molecule has 7 heteroatoms. The predicted octanol–water partition coefficient (Wildman–Crippen LogP) is 0.518. The van der Waals surface area contributed by atoms with Crippen LogP contribution in [0.5, 0.6) is 0 Å². The first-order valence-electron chi connectivity index (χ1n) is 8.52. The van der Waals surface area contributed by atoms with Gasteiger partial charge in [-0.25, -0.2) is 0 Å². The van der Waals surface area contributed by atoms with Crippen LogP contribution in [0.15, 0.2) is 18.2 Å². The molecular formula is C17H26N4O3. The van der Waals surface area contributed by atoms with Crippen LogP contribution in [-0.4, -0.2) is 72.1 Å². The molecule has 2 saturated heterocycles. The molecule has 0 aromatic heterocycles. The van der Waals surface area contributed by atoms with E-state index in [4.69, 9.17) is 9.47 Å². The molecular weight excluding hydrogens is 308 g/mol. The second-order valence-corrected chi connectivity index (χ2v) is 5.98. The smallest absolute Gasteiger partial charge is 0.238 e. The Kier molecular flexibility index (Phi) is 5.90. The number of ether oxygens (including phenoxy) is 2. The molecule has 2 fully saturated rings. The number of rotatable bonds is 5. The van der Waals surface area contributed by atoms with Crippen molar-refractivity contribution in [1.29, 1.82) is 0 Å². The molecule has 0 aliphatic carbocycles. The number of amides is 1. The summed E-state index contributed by atoms with van der Waals surface area (Å²) in [4.78, 5) is 16.6. The lowest BCUT2D eigenvalue weighted by molar-refractivity contribution is -0.115.